The maximum Gasteiger partial charge on any atom is 0.413 e. The first-order valence-electron chi connectivity index (χ1n) is 9.24. The number of nitrogens with one attached hydrogen (secondary N) is 2. The van der Waals surface area contributed by atoms with Gasteiger partial charge in [-0.3, -0.25) is 15.0 Å². The first-order chi connectivity index (χ1) is 13.6. The van der Waals surface area contributed by atoms with E-state index in [1.807, 2.05) is 31.2 Å². The van der Waals surface area contributed by atoms with Crippen molar-refractivity contribution in [1.82, 2.24) is 9.88 Å². The summed E-state index contributed by atoms with van der Waals surface area (Å²) < 4.78 is 10.3. The summed E-state index contributed by atoms with van der Waals surface area (Å²) in [7, 11) is 0. The number of aromatic nitrogens is 1. The van der Waals surface area contributed by atoms with Gasteiger partial charge in [0.2, 0.25) is 5.91 Å². The van der Waals surface area contributed by atoms with Crippen LogP contribution in [-0.4, -0.2) is 48.2 Å². The van der Waals surface area contributed by atoms with E-state index in [1.54, 1.807) is 6.92 Å². The molecular formula is C19H24N4O4S. The van der Waals surface area contributed by atoms with Crippen LogP contribution in [0, 0.1) is 0 Å². The highest BCUT2D eigenvalue weighted by Gasteiger charge is 2.23. The second-order valence-electron chi connectivity index (χ2n) is 6.20. The number of amides is 2. The molecule has 0 bridgehead atoms. The van der Waals surface area contributed by atoms with Crippen LogP contribution in [0.25, 0.3) is 0 Å². The van der Waals surface area contributed by atoms with E-state index in [9.17, 15) is 9.59 Å². The molecule has 0 atom stereocenters. The fraction of sp³-hybridized carbons (Fsp3) is 0.421. The number of carbonyl (C=O) groups excluding carboxylic acids is 2. The van der Waals surface area contributed by atoms with E-state index >= 15 is 0 Å². The Labute approximate surface area is 167 Å². The third-order valence-corrected chi connectivity index (χ3v) is 5.11. The monoisotopic (exact) mass is 404 g/mol. The molecule has 2 N–H and O–H groups in total. The zero-order valence-corrected chi connectivity index (χ0v) is 16.8. The number of hydrogen-bond acceptors (Lipinski definition) is 7. The van der Waals surface area contributed by atoms with E-state index in [4.69, 9.17) is 9.47 Å². The number of benzene rings is 1. The van der Waals surface area contributed by atoms with Crippen LogP contribution in [0.5, 0.6) is 5.75 Å². The lowest BCUT2D eigenvalue weighted by Gasteiger charge is -2.25. The second kappa shape index (κ2) is 9.52. The molecule has 150 valence electrons. The van der Waals surface area contributed by atoms with Gasteiger partial charge in [-0.05, 0) is 38.1 Å². The molecule has 2 aromatic rings. The summed E-state index contributed by atoms with van der Waals surface area (Å²) >= 11 is 1.42. The molecular weight excluding hydrogens is 380 g/mol. The Hall–Kier alpha value is -2.65. The maximum atomic E-state index is 12.4. The lowest BCUT2D eigenvalue weighted by Crippen LogP contribution is -2.36. The minimum atomic E-state index is -0.500. The van der Waals surface area contributed by atoms with Crippen molar-refractivity contribution in [2.45, 2.75) is 26.8 Å². The summed E-state index contributed by atoms with van der Waals surface area (Å²) in [6.07, 6.45) is 0.243. The van der Waals surface area contributed by atoms with Crippen molar-refractivity contribution in [2.75, 3.05) is 36.9 Å². The molecule has 0 spiro atoms. The molecule has 0 saturated carbocycles. The Balaban J connectivity index is 1.51. The molecule has 0 unspecified atom stereocenters. The normalized spacial score (nSPS) is 13.5. The fourth-order valence-corrected chi connectivity index (χ4v) is 3.93. The quantitative estimate of drug-likeness (QED) is 0.737. The predicted molar refractivity (Wildman–Crippen MR) is 108 cm³/mol. The van der Waals surface area contributed by atoms with E-state index in [0.29, 0.717) is 31.4 Å². The van der Waals surface area contributed by atoms with Crippen molar-refractivity contribution < 1.29 is 19.1 Å². The Bertz CT molecular complexity index is 822. The van der Waals surface area contributed by atoms with E-state index in [2.05, 4.69) is 20.5 Å². The Morgan fingerprint density at radius 2 is 1.96 bits per heavy atom. The van der Waals surface area contributed by atoms with Gasteiger partial charge in [0.25, 0.3) is 0 Å². The van der Waals surface area contributed by atoms with Crippen LogP contribution in [0.1, 0.15) is 24.4 Å². The topological polar surface area (TPSA) is 92.8 Å². The van der Waals surface area contributed by atoms with Gasteiger partial charge in [0.05, 0.1) is 25.5 Å². The van der Waals surface area contributed by atoms with Gasteiger partial charge < -0.3 is 14.8 Å². The van der Waals surface area contributed by atoms with Gasteiger partial charge in [0.1, 0.15) is 5.75 Å². The van der Waals surface area contributed by atoms with Crippen LogP contribution in [0.3, 0.4) is 0 Å². The van der Waals surface area contributed by atoms with Crippen LogP contribution >= 0.6 is 11.3 Å². The average Bonchev–Trinajstić information content (AvgIpc) is 3.05. The number of thiazole rings is 1. The third kappa shape index (κ3) is 5.43. The lowest BCUT2D eigenvalue weighted by atomic mass is 10.2. The van der Waals surface area contributed by atoms with E-state index in [-0.39, 0.29) is 5.91 Å². The van der Waals surface area contributed by atoms with Crippen molar-refractivity contribution in [3.05, 3.63) is 34.8 Å². The summed E-state index contributed by atoms with van der Waals surface area (Å²) in [4.78, 5) is 31.5. The standard InChI is InChI=1S/C19H24N4O4S/c1-3-26-14-7-5-13(6-8-14)20-17(24)12-23-10-9-15-16(11-23)28-18(21-15)22-19(25)27-4-2/h5-8H,3-4,9-12H2,1-2H3,(H,20,24)(H,21,22,25). The molecule has 2 amide bonds. The minimum Gasteiger partial charge on any atom is -0.494 e. The molecule has 0 fully saturated rings. The van der Waals surface area contributed by atoms with Gasteiger partial charge in [-0.25, -0.2) is 9.78 Å². The second-order valence-corrected chi connectivity index (χ2v) is 7.28. The van der Waals surface area contributed by atoms with Crippen molar-refractivity contribution >= 4 is 34.2 Å². The molecule has 1 aromatic heterocycles. The van der Waals surface area contributed by atoms with Crippen LogP contribution in [0.4, 0.5) is 15.6 Å². The number of fused-ring (bicyclic) bond motifs is 1. The summed E-state index contributed by atoms with van der Waals surface area (Å²) in [5.41, 5.74) is 1.71. The highest BCUT2D eigenvalue weighted by atomic mass is 32.1. The molecule has 8 nitrogen and oxygen atoms in total. The largest absolute Gasteiger partial charge is 0.494 e. The van der Waals surface area contributed by atoms with E-state index in [1.165, 1.54) is 11.3 Å². The van der Waals surface area contributed by atoms with Crippen molar-refractivity contribution in [3.8, 4) is 5.75 Å². The smallest absolute Gasteiger partial charge is 0.413 e. The Morgan fingerprint density at radius 1 is 1.18 bits per heavy atom. The minimum absolute atomic E-state index is 0.0676. The Kier molecular flexibility index (Phi) is 6.83. The molecule has 0 radical (unpaired) electrons. The molecule has 1 aromatic carbocycles. The highest BCUT2D eigenvalue weighted by molar-refractivity contribution is 7.15. The zero-order chi connectivity index (χ0) is 19.9. The molecule has 28 heavy (non-hydrogen) atoms. The summed E-state index contributed by atoms with van der Waals surface area (Å²) in [6, 6.07) is 7.32. The third-order valence-electron chi connectivity index (χ3n) is 4.11. The molecule has 1 aliphatic rings. The van der Waals surface area contributed by atoms with E-state index in [0.717, 1.165) is 35.0 Å². The number of nitrogens with zero attached hydrogens (tertiary/aromatic N) is 2. The molecule has 1 aliphatic heterocycles. The fourth-order valence-electron chi connectivity index (χ4n) is 2.90. The van der Waals surface area contributed by atoms with Gasteiger partial charge in [-0.15, -0.1) is 0 Å². The number of rotatable bonds is 7. The summed E-state index contributed by atoms with van der Waals surface area (Å²) in [5.74, 6) is 0.712. The molecule has 2 heterocycles. The number of carbonyl (C=O) groups is 2. The van der Waals surface area contributed by atoms with Gasteiger partial charge in [0, 0.05) is 30.1 Å². The van der Waals surface area contributed by atoms with Gasteiger partial charge in [0.15, 0.2) is 5.13 Å². The summed E-state index contributed by atoms with van der Waals surface area (Å²) in [6.45, 7) is 6.28. The zero-order valence-electron chi connectivity index (χ0n) is 16.0. The maximum absolute atomic E-state index is 12.4. The molecule has 3 rings (SSSR count). The molecule has 0 saturated heterocycles. The lowest BCUT2D eigenvalue weighted by molar-refractivity contribution is -0.117. The SMILES string of the molecule is CCOC(=O)Nc1nc2c(s1)CN(CC(=O)Nc1ccc(OCC)cc1)CC2. The van der Waals surface area contributed by atoms with Crippen molar-refractivity contribution in [2.24, 2.45) is 0 Å². The molecule has 9 heteroatoms. The first kappa shape index (κ1) is 20.1. The van der Waals surface area contributed by atoms with Crippen LogP contribution in [0.2, 0.25) is 0 Å². The Morgan fingerprint density at radius 3 is 2.68 bits per heavy atom. The van der Waals surface area contributed by atoms with Crippen LogP contribution < -0.4 is 15.4 Å². The number of hydrogen-bond donors (Lipinski definition) is 2. The van der Waals surface area contributed by atoms with Crippen LogP contribution in [-0.2, 0) is 22.5 Å². The number of anilines is 2. The van der Waals surface area contributed by atoms with Crippen molar-refractivity contribution in [3.63, 3.8) is 0 Å². The average molecular weight is 404 g/mol. The number of ether oxygens (including phenoxy) is 2. The van der Waals surface area contributed by atoms with Crippen LogP contribution in [0.15, 0.2) is 24.3 Å². The van der Waals surface area contributed by atoms with E-state index < -0.39 is 6.09 Å². The predicted octanol–water partition coefficient (Wildman–Crippen LogP) is 3.11. The van der Waals surface area contributed by atoms with Gasteiger partial charge in [-0.2, -0.15) is 0 Å². The van der Waals surface area contributed by atoms with Crippen molar-refractivity contribution in [1.29, 1.82) is 0 Å². The van der Waals surface area contributed by atoms with Gasteiger partial charge >= 0.3 is 6.09 Å². The summed E-state index contributed by atoms with van der Waals surface area (Å²) in [5, 5.41) is 6.08. The highest BCUT2D eigenvalue weighted by Crippen LogP contribution is 2.28. The molecule has 0 aliphatic carbocycles. The first-order valence-corrected chi connectivity index (χ1v) is 10.1. The van der Waals surface area contributed by atoms with Gasteiger partial charge in [-0.1, -0.05) is 11.3 Å².